The van der Waals surface area contributed by atoms with Crippen molar-refractivity contribution < 1.29 is 0 Å². The zero-order chi connectivity index (χ0) is 13.9. The van der Waals surface area contributed by atoms with E-state index in [1.54, 1.807) is 11.8 Å². The summed E-state index contributed by atoms with van der Waals surface area (Å²) in [5, 5.41) is 2.85. The van der Waals surface area contributed by atoms with Crippen LogP contribution in [-0.4, -0.2) is 4.98 Å². The zero-order valence-corrected chi connectivity index (χ0v) is 12.3. The van der Waals surface area contributed by atoms with Gasteiger partial charge >= 0.3 is 0 Å². The lowest BCUT2D eigenvalue weighted by atomic mass is 10.2. The molecule has 20 heavy (non-hydrogen) atoms. The Kier molecular flexibility index (Phi) is 3.81. The molecular weight excluding hydrogens is 288 g/mol. The predicted octanol–water partition coefficient (Wildman–Crippen LogP) is 4.76. The summed E-state index contributed by atoms with van der Waals surface area (Å²) >= 11 is 7.59. The summed E-state index contributed by atoms with van der Waals surface area (Å²) in [6.45, 7) is 0. The third-order valence-corrected chi connectivity index (χ3v) is 4.24. The highest BCUT2D eigenvalue weighted by molar-refractivity contribution is 7.98. The van der Waals surface area contributed by atoms with Gasteiger partial charge in [0, 0.05) is 21.8 Å². The van der Waals surface area contributed by atoms with Crippen molar-refractivity contribution in [2.45, 2.75) is 10.8 Å². The molecule has 0 radical (unpaired) electrons. The summed E-state index contributed by atoms with van der Waals surface area (Å²) < 4.78 is 0. The summed E-state index contributed by atoms with van der Waals surface area (Å²) in [4.78, 5) is 4.63. The number of rotatable bonds is 3. The molecule has 0 aliphatic heterocycles. The summed E-state index contributed by atoms with van der Waals surface area (Å²) in [5.74, 6) is 0.880. The number of benzene rings is 2. The molecule has 0 saturated heterocycles. The fourth-order valence-corrected chi connectivity index (χ4v) is 2.90. The lowest BCUT2D eigenvalue weighted by Crippen LogP contribution is -1.87. The number of fused-ring (bicyclic) bond motifs is 1. The van der Waals surface area contributed by atoms with Crippen LogP contribution in [0, 0.1) is 0 Å². The number of hydrogen-bond donors (Lipinski definition) is 1. The Morgan fingerprint density at radius 1 is 1.00 bits per heavy atom. The predicted molar refractivity (Wildman–Crippen MR) is 87.2 cm³/mol. The number of aromatic nitrogens is 1. The maximum atomic E-state index is 5.88. The van der Waals surface area contributed by atoms with Gasteiger partial charge in [0.25, 0.3) is 0 Å². The van der Waals surface area contributed by atoms with E-state index in [0.29, 0.717) is 0 Å². The lowest BCUT2D eigenvalue weighted by Gasteiger charge is -2.04. The van der Waals surface area contributed by atoms with Crippen molar-refractivity contribution in [2.24, 2.45) is 0 Å². The first-order chi connectivity index (χ1) is 9.70. The number of nitrogen functional groups attached to an aromatic ring is 1. The fourth-order valence-electron chi connectivity index (χ4n) is 1.94. The van der Waals surface area contributed by atoms with Gasteiger partial charge in [0.2, 0.25) is 0 Å². The highest BCUT2D eigenvalue weighted by Crippen LogP contribution is 2.25. The van der Waals surface area contributed by atoms with Crippen molar-refractivity contribution in [3.05, 3.63) is 65.2 Å². The molecule has 2 N–H and O–H groups in total. The molecule has 4 heteroatoms. The van der Waals surface area contributed by atoms with Crippen LogP contribution < -0.4 is 5.73 Å². The van der Waals surface area contributed by atoms with Crippen LogP contribution in [0.15, 0.2) is 59.6 Å². The lowest BCUT2D eigenvalue weighted by molar-refractivity contribution is 1.18. The Balaban J connectivity index is 1.77. The van der Waals surface area contributed by atoms with Gasteiger partial charge in [-0.2, -0.15) is 0 Å². The minimum absolute atomic E-state index is 0.764. The Morgan fingerprint density at radius 2 is 1.80 bits per heavy atom. The van der Waals surface area contributed by atoms with E-state index >= 15 is 0 Å². The first-order valence-corrected chi connectivity index (χ1v) is 7.60. The van der Waals surface area contributed by atoms with Gasteiger partial charge in [0.05, 0.1) is 10.5 Å². The molecule has 0 aliphatic rings. The van der Waals surface area contributed by atoms with E-state index in [1.807, 2.05) is 48.5 Å². The maximum absolute atomic E-state index is 5.88. The standard InChI is InChI=1S/C16H13ClN2S/c17-13-4-1-11(2-5-13)10-20-16-8-3-12-9-14(18)6-7-15(12)19-16/h1-9H,10,18H2. The number of halogens is 1. The summed E-state index contributed by atoms with van der Waals surface area (Å²) in [7, 11) is 0. The first kappa shape index (κ1) is 13.3. The number of nitrogens with zero attached hydrogens (tertiary/aromatic N) is 1. The van der Waals surface area contributed by atoms with Crippen LogP contribution in [0.25, 0.3) is 10.9 Å². The van der Waals surface area contributed by atoms with Gasteiger partial charge < -0.3 is 5.73 Å². The monoisotopic (exact) mass is 300 g/mol. The molecule has 2 nitrogen and oxygen atoms in total. The van der Waals surface area contributed by atoms with Crippen LogP contribution in [0.2, 0.25) is 5.02 Å². The second kappa shape index (κ2) is 5.73. The minimum atomic E-state index is 0.764. The first-order valence-electron chi connectivity index (χ1n) is 6.24. The molecule has 0 atom stereocenters. The molecule has 0 spiro atoms. The van der Waals surface area contributed by atoms with Gasteiger partial charge in [-0.15, -0.1) is 11.8 Å². The molecule has 2 aromatic carbocycles. The average Bonchev–Trinajstić information content (AvgIpc) is 2.46. The van der Waals surface area contributed by atoms with E-state index in [4.69, 9.17) is 17.3 Å². The topological polar surface area (TPSA) is 38.9 Å². The van der Waals surface area contributed by atoms with Gasteiger partial charge in [-0.3, -0.25) is 0 Å². The van der Waals surface area contributed by atoms with Crippen molar-refractivity contribution in [1.82, 2.24) is 4.98 Å². The van der Waals surface area contributed by atoms with E-state index in [0.717, 1.165) is 32.4 Å². The normalized spacial score (nSPS) is 10.8. The molecule has 0 aliphatic carbocycles. The molecule has 1 aromatic heterocycles. The molecule has 0 bridgehead atoms. The summed E-state index contributed by atoms with van der Waals surface area (Å²) in [5.41, 5.74) is 8.74. The minimum Gasteiger partial charge on any atom is -0.399 e. The summed E-state index contributed by atoms with van der Waals surface area (Å²) in [6.07, 6.45) is 0. The van der Waals surface area contributed by atoms with Gasteiger partial charge in [0.1, 0.15) is 0 Å². The molecule has 1 heterocycles. The van der Waals surface area contributed by atoms with Gasteiger partial charge in [-0.25, -0.2) is 4.98 Å². The third kappa shape index (κ3) is 3.06. The van der Waals surface area contributed by atoms with E-state index < -0.39 is 0 Å². The fraction of sp³-hybridized carbons (Fsp3) is 0.0625. The van der Waals surface area contributed by atoms with Crippen LogP contribution in [0.5, 0.6) is 0 Å². The average molecular weight is 301 g/mol. The van der Waals surface area contributed by atoms with E-state index in [-0.39, 0.29) is 0 Å². The molecular formula is C16H13ClN2S. The van der Waals surface area contributed by atoms with E-state index in [2.05, 4.69) is 11.1 Å². The van der Waals surface area contributed by atoms with Crippen LogP contribution in [0.3, 0.4) is 0 Å². The Morgan fingerprint density at radius 3 is 2.60 bits per heavy atom. The van der Waals surface area contributed by atoms with Crippen LogP contribution >= 0.6 is 23.4 Å². The number of thioether (sulfide) groups is 1. The Hall–Kier alpha value is -1.71. The van der Waals surface area contributed by atoms with Gasteiger partial charge in [0.15, 0.2) is 0 Å². The largest absolute Gasteiger partial charge is 0.399 e. The Labute approximate surface area is 127 Å². The van der Waals surface area contributed by atoms with E-state index in [9.17, 15) is 0 Å². The van der Waals surface area contributed by atoms with Crippen molar-refractivity contribution in [3.63, 3.8) is 0 Å². The summed E-state index contributed by atoms with van der Waals surface area (Å²) in [6, 6.07) is 17.8. The molecule has 3 rings (SSSR count). The van der Waals surface area contributed by atoms with Crippen molar-refractivity contribution in [3.8, 4) is 0 Å². The number of hydrogen-bond acceptors (Lipinski definition) is 3. The second-order valence-corrected chi connectivity index (χ2v) is 5.95. The van der Waals surface area contributed by atoms with Crippen LogP contribution in [0.4, 0.5) is 5.69 Å². The van der Waals surface area contributed by atoms with Crippen LogP contribution in [0.1, 0.15) is 5.56 Å². The quantitative estimate of drug-likeness (QED) is 0.560. The molecule has 100 valence electrons. The smallest absolute Gasteiger partial charge is 0.0970 e. The molecule has 0 amide bonds. The van der Waals surface area contributed by atoms with Crippen LogP contribution in [-0.2, 0) is 5.75 Å². The third-order valence-electron chi connectivity index (χ3n) is 2.99. The van der Waals surface area contributed by atoms with E-state index in [1.165, 1.54) is 5.56 Å². The maximum Gasteiger partial charge on any atom is 0.0970 e. The highest BCUT2D eigenvalue weighted by Gasteiger charge is 2.01. The molecule has 0 fully saturated rings. The molecule has 3 aromatic rings. The number of anilines is 1. The zero-order valence-electron chi connectivity index (χ0n) is 10.7. The second-order valence-electron chi connectivity index (χ2n) is 4.52. The number of nitrogens with two attached hydrogens (primary N) is 1. The van der Waals surface area contributed by atoms with Gasteiger partial charge in [-0.05, 0) is 42.0 Å². The highest BCUT2D eigenvalue weighted by atomic mass is 35.5. The molecule has 0 saturated carbocycles. The SMILES string of the molecule is Nc1ccc2nc(SCc3ccc(Cl)cc3)ccc2c1. The van der Waals surface area contributed by atoms with Crippen molar-refractivity contribution in [1.29, 1.82) is 0 Å². The number of pyridine rings is 1. The van der Waals surface area contributed by atoms with Crippen molar-refractivity contribution >= 4 is 40.0 Å². The van der Waals surface area contributed by atoms with Gasteiger partial charge in [-0.1, -0.05) is 29.8 Å². The van der Waals surface area contributed by atoms with Crippen molar-refractivity contribution in [2.75, 3.05) is 5.73 Å². The molecule has 0 unspecified atom stereocenters. The Bertz CT molecular complexity index is 741.